The van der Waals surface area contributed by atoms with Crippen LogP contribution in [0.25, 0.3) is 17.0 Å². The molecule has 0 aliphatic carbocycles. The van der Waals surface area contributed by atoms with Crippen LogP contribution in [-0.2, 0) is 4.79 Å². The van der Waals surface area contributed by atoms with E-state index in [1.54, 1.807) is 19.4 Å². The number of thiocarbonyl (C=S) groups is 1. The van der Waals surface area contributed by atoms with Crippen molar-refractivity contribution in [1.29, 1.82) is 0 Å². The fourth-order valence-corrected chi connectivity index (χ4v) is 4.12. The highest BCUT2D eigenvalue weighted by atomic mass is 32.2. The molecule has 3 aromatic rings. The molecule has 1 aliphatic rings. The number of aromatic nitrogens is 1. The summed E-state index contributed by atoms with van der Waals surface area (Å²) >= 11 is 6.73. The molecule has 0 N–H and O–H groups in total. The van der Waals surface area contributed by atoms with E-state index in [4.69, 9.17) is 17.0 Å². The van der Waals surface area contributed by atoms with Gasteiger partial charge in [0.1, 0.15) is 5.75 Å². The minimum absolute atomic E-state index is 0.138. The zero-order valence-electron chi connectivity index (χ0n) is 13.9. The summed E-state index contributed by atoms with van der Waals surface area (Å²) in [6.45, 7) is 0. The van der Waals surface area contributed by atoms with Gasteiger partial charge in [0.05, 0.1) is 23.2 Å². The van der Waals surface area contributed by atoms with Crippen LogP contribution < -0.4 is 9.64 Å². The highest BCUT2D eigenvalue weighted by molar-refractivity contribution is 8.27. The monoisotopic (exact) mass is 378 g/mol. The first-order valence-electron chi connectivity index (χ1n) is 7.93. The van der Waals surface area contributed by atoms with Gasteiger partial charge in [-0.05, 0) is 24.3 Å². The van der Waals surface area contributed by atoms with Crippen molar-refractivity contribution >= 4 is 56.9 Å². The molecule has 0 bridgehead atoms. The summed E-state index contributed by atoms with van der Waals surface area (Å²) in [5.41, 5.74) is 2.46. The lowest BCUT2D eigenvalue weighted by atomic mass is 10.1. The number of nitrogens with zero attached hydrogens (tertiary/aromatic N) is 2. The molecular weight excluding hydrogens is 364 g/mol. The molecule has 128 valence electrons. The Kier molecular flexibility index (Phi) is 4.44. The van der Waals surface area contributed by atoms with Gasteiger partial charge in [0.25, 0.3) is 5.91 Å². The van der Waals surface area contributed by atoms with E-state index in [1.165, 1.54) is 16.7 Å². The normalized spacial score (nSPS) is 15.9. The van der Waals surface area contributed by atoms with Gasteiger partial charge in [-0.15, -0.1) is 0 Å². The second kappa shape index (κ2) is 6.90. The van der Waals surface area contributed by atoms with Gasteiger partial charge in [-0.2, -0.15) is 0 Å². The van der Waals surface area contributed by atoms with E-state index in [0.717, 1.165) is 16.5 Å². The SMILES string of the molecule is COc1cccc(N2C(=O)/C(=C\c3cccc4cccnc34)SC2=S)c1. The zero-order chi connectivity index (χ0) is 18.1. The molecule has 4 rings (SSSR count). The number of hydrogen-bond donors (Lipinski definition) is 0. The van der Waals surface area contributed by atoms with Crippen LogP contribution in [0.4, 0.5) is 5.69 Å². The average Bonchev–Trinajstić information content (AvgIpc) is 2.95. The smallest absolute Gasteiger partial charge is 0.270 e. The molecule has 1 aromatic heterocycles. The van der Waals surface area contributed by atoms with Gasteiger partial charge in [0.15, 0.2) is 4.32 Å². The maximum absolute atomic E-state index is 12.9. The number of amides is 1. The molecular formula is C20H14N2O2S2. The predicted octanol–water partition coefficient (Wildman–Crippen LogP) is 4.65. The van der Waals surface area contributed by atoms with E-state index in [0.29, 0.717) is 20.7 Å². The van der Waals surface area contributed by atoms with Crippen LogP contribution in [0, 0.1) is 0 Å². The number of anilines is 1. The van der Waals surface area contributed by atoms with Crippen molar-refractivity contribution in [3.63, 3.8) is 0 Å². The summed E-state index contributed by atoms with van der Waals surface area (Å²) < 4.78 is 5.75. The number of thioether (sulfide) groups is 1. The maximum atomic E-state index is 12.9. The molecule has 1 amide bonds. The van der Waals surface area contributed by atoms with Gasteiger partial charge in [0.2, 0.25) is 0 Å². The summed E-state index contributed by atoms with van der Waals surface area (Å²) in [6, 6.07) is 17.1. The third-order valence-electron chi connectivity index (χ3n) is 4.06. The molecule has 2 heterocycles. The van der Waals surface area contributed by atoms with E-state index in [2.05, 4.69) is 4.98 Å². The number of rotatable bonds is 3. The first kappa shape index (κ1) is 16.8. The van der Waals surface area contributed by atoms with Gasteiger partial charge in [-0.25, -0.2) is 0 Å². The molecule has 26 heavy (non-hydrogen) atoms. The Bertz CT molecular complexity index is 1060. The molecule has 2 aromatic carbocycles. The number of ether oxygens (including phenoxy) is 1. The van der Waals surface area contributed by atoms with Crippen LogP contribution in [0.15, 0.2) is 65.7 Å². The number of para-hydroxylation sites is 1. The van der Waals surface area contributed by atoms with Crippen LogP contribution in [0.3, 0.4) is 0 Å². The third kappa shape index (κ3) is 2.98. The highest BCUT2D eigenvalue weighted by Gasteiger charge is 2.33. The van der Waals surface area contributed by atoms with Crippen LogP contribution >= 0.6 is 24.0 Å². The number of fused-ring (bicyclic) bond motifs is 1. The summed E-state index contributed by atoms with van der Waals surface area (Å²) in [7, 11) is 1.59. The van der Waals surface area contributed by atoms with E-state index in [-0.39, 0.29) is 5.91 Å². The summed E-state index contributed by atoms with van der Waals surface area (Å²) in [4.78, 5) is 19.5. The predicted molar refractivity (Wildman–Crippen MR) is 110 cm³/mol. The average molecular weight is 378 g/mol. The maximum Gasteiger partial charge on any atom is 0.270 e. The summed E-state index contributed by atoms with van der Waals surface area (Å²) in [5.74, 6) is 0.542. The number of hydrogen-bond acceptors (Lipinski definition) is 5. The van der Waals surface area contributed by atoms with E-state index in [9.17, 15) is 4.79 Å². The summed E-state index contributed by atoms with van der Waals surface area (Å²) in [5, 5.41) is 1.03. The van der Waals surface area contributed by atoms with Crippen molar-refractivity contribution in [1.82, 2.24) is 4.98 Å². The molecule has 0 radical (unpaired) electrons. The first-order chi connectivity index (χ1) is 12.7. The fourth-order valence-electron chi connectivity index (χ4n) is 2.83. The molecule has 0 saturated carbocycles. The standard InChI is InChI=1S/C20H14N2O2S2/c1-24-16-9-3-8-15(12-16)22-19(23)17(26-20(22)25)11-14-6-2-5-13-7-4-10-21-18(13)14/h2-12H,1H3/b17-11+. The molecule has 1 saturated heterocycles. The Balaban J connectivity index is 1.73. The summed E-state index contributed by atoms with van der Waals surface area (Å²) in [6.07, 6.45) is 3.61. The second-order valence-corrected chi connectivity index (χ2v) is 7.32. The van der Waals surface area contributed by atoms with Crippen LogP contribution in [0.5, 0.6) is 5.75 Å². The third-order valence-corrected chi connectivity index (χ3v) is 5.36. The molecule has 0 spiro atoms. The molecule has 1 fully saturated rings. The zero-order valence-corrected chi connectivity index (χ0v) is 15.5. The Morgan fingerprint density at radius 2 is 1.96 bits per heavy atom. The van der Waals surface area contributed by atoms with Gasteiger partial charge in [0, 0.05) is 23.2 Å². The molecule has 1 aliphatic heterocycles. The van der Waals surface area contributed by atoms with Crippen LogP contribution in [0.1, 0.15) is 5.56 Å². The minimum Gasteiger partial charge on any atom is -0.497 e. The van der Waals surface area contributed by atoms with Crippen molar-refractivity contribution < 1.29 is 9.53 Å². The van der Waals surface area contributed by atoms with Crippen LogP contribution in [-0.4, -0.2) is 22.3 Å². The Morgan fingerprint density at radius 3 is 2.81 bits per heavy atom. The number of carbonyl (C=O) groups excluding carboxylic acids is 1. The van der Waals surface area contributed by atoms with E-state index >= 15 is 0 Å². The fraction of sp³-hybridized carbons (Fsp3) is 0.0500. The van der Waals surface area contributed by atoms with Crippen molar-refractivity contribution in [2.75, 3.05) is 12.0 Å². The Morgan fingerprint density at radius 1 is 1.15 bits per heavy atom. The molecule has 0 unspecified atom stereocenters. The number of benzene rings is 2. The highest BCUT2D eigenvalue weighted by Crippen LogP contribution is 2.37. The van der Waals surface area contributed by atoms with E-state index in [1.807, 2.05) is 54.6 Å². The van der Waals surface area contributed by atoms with Gasteiger partial charge >= 0.3 is 0 Å². The topological polar surface area (TPSA) is 42.4 Å². The molecule has 0 atom stereocenters. The van der Waals surface area contributed by atoms with Crippen molar-refractivity contribution in [3.8, 4) is 5.75 Å². The van der Waals surface area contributed by atoms with Crippen molar-refractivity contribution in [2.24, 2.45) is 0 Å². The quantitative estimate of drug-likeness (QED) is 0.490. The molecule has 4 nitrogen and oxygen atoms in total. The van der Waals surface area contributed by atoms with Crippen molar-refractivity contribution in [2.45, 2.75) is 0 Å². The lowest BCUT2D eigenvalue weighted by molar-refractivity contribution is -0.113. The van der Waals surface area contributed by atoms with Gasteiger partial charge in [-0.3, -0.25) is 14.7 Å². The lowest BCUT2D eigenvalue weighted by Crippen LogP contribution is -2.27. The first-order valence-corrected chi connectivity index (χ1v) is 9.15. The number of methoxy groups -OCH3 is 1. The number of pyridine rings is 1. The van der Waals surface area contributed by atoms with Gasteiger partial charge in [-0.1, -0.05) is 54.3 Å². The Hall–Kier alpha value is -2.70. The molecule has 6 heteroatoms. The second-order valence-electron chi connectivity index (χ2n) is 5.64. The lowest BCUT2D eigenvalue weighted by Gasteiger charge is -2.15. The largest absolute Gasteiger partial charge is 0.497 e. The van der Waals surface area contributed by atoms with Gasteiger partial charge < -0.3 is 4.74 Å². The van der Waals surface area contributed by atoms with E-state index < -0.39 is 0 Å². The minimum atomic E-state index is -0.138. The Labute approximate surface area is 160 Å². The number of carbonyl (C=O) groups is 1. The van der Waals surface area contributed by atoms with Crippen molar-refractivity contribution in [3.05, 3.63) is 71.3 Å². The van der Waals surface area contributed by atoms with Crippen LogP contribution in [0.2, 0.25) is 0 Å².